The molecule has 20 heavy (non-hydrogen) atoms. The molecule has 1 aromatic carbocycles. The number of nitro benzene ring substituents is 1. The Morgan fingerprint density at radius 2 is 2.30 bits per heavy atom. The molecule has 0 spiro atoms. The van der Waals surface area contributed by atoms with Gasteiger partial charge in [-0.3, -0.25) is 14.9 Å². The molecule has 0 radical (unpaired) electrons. The number of carbonyl (C=O) groups excluding carboxylic acids is 1. The Morgan fingerprint density at radius 3 is 2.90 bits per heavy atom. The number of hydrogen-bond acceptors (Lipinski definition) is 6. The average Bonchev–Trinajstić information content (AvgIpc) is 2.85. The van der Waals surface area contributed by atoms with Crippen molar-refractivity contribution in [2.75, 3.05) is 25.5 Å². The van der Waals surface area contributed by atoms with E-state index in [0.29, 0.717) is 18.8 Å². The summed E-state index contributed by atoms with van der Waals surface area (Å²) in [7, 11) is 1.61. The van der Waals surface area contributed by atoms with Gasteiger partial charge < -0.3 is 21.1 Å². The number of nitrogens with two attached hydrogens (primary N) is 1. The van der Waals surface area contributed by atoms with Gasteiger partial charge >= 0.3 is 0 Å². The summed E-state index contributed by atoms with van der Waals surface area (Å²) in [6.07, 6.45) is -0.0362. The minimum atomic E-state index is -0.712. The van der Waals surface area contributed by atoms with Gasteiger partial charge in [0.15, 0.2) is 0 Å². The van der Waals surface area contributed by atoms with Gasteiger partial charge in [-0.15, -0.1) is 0 Å². The van der Waals surface area contributed by atoms with Crippen molar-refractivity contribution in [3.05, 3.63) is 33.9 Å². The molecule has 2 atom stereocenters. The number of rotatable bonds is 5. The summed E-state index contributed by atoms with van der Waals surface area (Å²) in [5.74, 6) is -0.712. The highest BCUT2D eigenvalue weighted by atomic mass is 16.6. The maximum Gasteiger partial charge on any atom is 0.270 e. The summed E-state index contributed by atoms with van der Waals surface area (Å²) < 4.78 is 5.31. The molecule has 1 aliphatic rings. The van der Waals surface area contributed by atoms with Crippen molar-refractivity contribution in [1.82, 2.24) is 5.32 Å². The van der Waals surface area contributed by atoms with E-state index in [1.54, 1.807) is 7.11 Å². The quantitative estimate of drug-likeness (QED) is 0.519. The van der Waals surface area contributed by atoms with Gasteiger partial charge in [0.05, 0.1) is 22.6 Å². The Bertz CT molecular complexity index is 534. The van der Waals surface area contributed by atoms with E-state index < -0.39 is 10.8 Å². The zero-order valence-corrected chi connectivity index (χ0v) is 11.0. The molecule has 1 amide bonds. The zero-order valence-electron chi connectivity index (χ0n) is 11.0. The van der Waals surface area contributed by atoms with Gasteiger partial charge in [0, 0.05) is 38.0 Å². The lowest BCUT2D eigenvalue weighted by Crippen LogP contribution is -2.34. The molecule has 1 aliphatic heterocycles. The number of methoxy groups -OCH3 is 1. The highest BCUT2D eigenvalue weighted by molar-refractivity contribution is 5.99. The van der Waals surface area contributed by atoms with Crippen molar-refractivity contribution < 1.29 is 14.5 Å². The molecular formula is C12H16N4O4. The second kappa shape index (κ2) is 5.85. The molecule has 2 rings (SSSR count). The Hall–Kier alpha value is -2.19. The van der Waals surface area contributed by atoms with Crippen LogP contribution in [0.15, 0.2) is 18.2 Å². The fourth-order valence-corrected chi connectivity index (χ4v) is 2.22. The van der Waals surface area contributed by atoms with Crippen LogP contribution in [-0.2, 0) is 4.74 Å². The third-order valence-corrected chi connectivity index (χ3v) is 3.28. The molecule has 1 aromatic rings. The minimum absolute atomic E-state index is 0.0282. The molecule has 0 aliphatic carbocycles. The van der Waals surface area contributed by atoms with Gasteiger partial charge in [-0.05, 0) is 6.07 Å². The number of ether oxygens (including phenoxy) is 1. The highest BCUT2D eigenvalue weighted by Gasteiger charge is 2.28. The smallest absolute Gasteiger partial charge is 0.270 e. The molecule has 1 unspecified atom stereocenters. The van der Waals surface area contributed by atoms with Crippen molar-refractivity contribution in [2.45, 2.75) is 12.1 Å². The molecule has 0 saturated carbocycles. The maximum atomic E-state index is 11.4. The van der Waals surface area contributed by atoms with Gasteiger partial charge in [-0.25, -0.2) is 0 Å². The van der Waals surface area contributed by atoms with Crippen LogP contribution in [0.2, 0.25) is 0 Å². The number of nitro groups is 1. The van der Waals surface area contributed by atoms with Gasteiger partial charge in [-0.1, -0.05) is 0 Å². The number of amides is 1. The summed E-state index contributed by atoms with van der Waals surface area (Å²) in [5.41, 5.74) is 5.68. The van der Waals surface area contributed by atoms with E-state index in [1.807, 2.05) is 0 Å². The van der Waals surface area contributed by atoms with E-state index in [-0.39, 0.29) is 23.4 Å². The van der Waals surface area contributed by atoms with E-state index in [0.717, 1.165) is 0 Å². The third-order valence-electron chi connectivity index (χ3n) is 3.28. The van der Waals surface area contributed by atoms with Crippen LogP contribution in [0.4, 0.5) is 11.4 Å². The molecule has 1 saturated heterocycles. The van der Waals surface area contributed by atoms with Crippen LogP contribution in [0.5, 0.6) is 0 Å². The van der Waals surface area contributed by atoms with Gasteiger partial charge in [0.1, 0.15) is 0 Å². The Balaban J connectivity index is 2.27. The minimum Gasteiger partial charge on any atom is -0.378 e. The molecule has 8 nitrogen and oxygen atoms in total. The predicted molar refractivity (Wildman–Crippen MR) is 72.7 cm³/mol. The first-order chi connectivity index (χ1) is 9.52. The van der Waals surface area contributed by atoms with Crippen molar-refractivity contribution in [2.24, 2.45) is 5.73 Å². The van der Waals surface area contributed by atoms with Crippen LogP contribution in [0.25, 0.3) is 0 Å². The fraction of sp³-hybridized carbons (Fsp3) is 0.417. The lowest BCUT2D eigenvalue weighted by Gasteiger charge is -2.20. The number of primary amides is 1. The number of non-ortho nitro benzene ring substituents is 1. The third kappa shape index (κ3) is 2.86. The molecule has 1 fully saturated rings. The zero-order chi connectivity index (χ0) is 14.7. The number of carbonyl (C=O) groups is 1. The Morgan fingerprint density at radius 1 is 1.55 bits per heavy atom. The van der Waals surface area contributed by atoms with Gasteiger partial charge in [-0.2, -0.15) is 0 Å². The summed E-state index contributed by atoms with van der Waals surface area (Å²) in [6.45, 7) is 1.38. The molecular weight excluding hydrogens is 264 g/mol. The van der Waals surface area contributed by atoms with Crippen LogP contribution in [0.3, 0.4) is 0 Å². The number of nitrogens with one attached hydrogen (secondary N) is 2. The molecule has 1 heterocycles. The van der Waals surface area contributed by atoms with Crippen LogP contribution < -0.4 is 16.4 Å². The molecule has 4 N–H and O–H groups in total. The first-order valence-corrected chi connectivity index (χ1v) is 6.11. The van der Waals surface area contributed by atoms with Crippen LogP contribution >= 0.6 is 0 Å². The average molecular weight is 280 g/mol. The van der Waals surface area contributed by atoms with E-state index in [1.165, 1.54) is 18.2 Å². The summed E-state index contributed by atoms with van der Waals surface area (Å²) in [4.78, 5) is 21.6. The monoisotopic (exact) mass is 280 g/mol. The number of hydrogen-bond donors (Lipinski definition) is 3. The van der Waals surface area contributed by atoms with E-state index >= 15 is 0 Å². The van der Waals surface area contributed by atoms with Crippen molar-refractivity contribution in [3.63, 3.8) is 0 Å². The first-order valence-electron chi connectivity index (χ1n) is 6.11. The summed E-state index contributed by atoms with van der Waals surface area (Å²) in [5, 5.41) is 17.0. The van der Waals surface area contributed by atoms with E-state index in [4.69, 9.17) is 10.5 Å². The Labute approximate surface area is 115 Å². The summed E-state index contributed by atoms with van der Waals surface area (Å²) >= 11 is 0. The van der Waals surface area contributed by atoms with E-state index in [2.05, 4.69) is 10.6 Å². The predicted octanol–water partition coefficient (Wildman–Crippen LogP) is 0.0924. The molecule has 0 aromatic heterocycles. The van der Waals surface area contributed by atoms with E-state index in [9.17, 15) is 14.9 Å². The molecule has 0 bridgehead atoms. The second-order valence-electron chi connectivity index (χ2n) is 4.53. The SMILES string of the molecule is CO[C@H]1CNCC1Nc1ccc([N+](=O)[O-])cc1C(N)=O. The number of nitrogens with zero attached hydrogens (tertiary/aromatic N) is 1. The van der Waals surface area contributed by atoms with Crippen molar-refractivity contribution >= 4 is 17.3 Å². The summed E-state index contributed by atoms with van der Waals surface area (Å²) in [6, 6.07) is 3.97. The van der Waals surface area contributed by atoms with Crippen molar-refractivity contribution in [1.29, 1.82) is 0 Å². The molecule has 8 heteroatoms. The number of benzene rings is 1. The largest absolute Gasteiger partial charge is 0.378 e. The maximum absolute atomic E-state index is 11.4. The van der Waals surface area contributed by atoms with Crippen molar-refractivity contribution in [3.8, 4) is 0 Å². The van der Waals surface area contributed by atoms with Gasteiger partial charge in [0.25, 0.3) is 11.6 Å². The second-order valence-corrected chi connectivity index (χ2v) is 4.53. The molecule has 108 valence electrons. The normalized spacial score (nSPS) is 21.6. The lowest BCUT2D eigenvalue weighted by molar-refractivity contribution is -0.384. The standard InChI is InChI=1S/C12H16N4O4/c1-20-11-6-14-5-10(11)15-9-3-2-7(16(18)19)4-8(9)12(13)17/h2-4,10-11,14-15H,5-6H2,1H3,(H2,13,17)/t10?,11-/m0/s1. The fourth-order valence-electron chi connectivity index (χ4n) is 2.22. The van der Waals surface area contributed by atoms with Crippen LogP contribution in [0.1, 0.15) is 10.4 Å². The topological polar surface area (TPSA) is 120 Å². The number of anilines is 1. The highest BCUT2D eigenvalue weighted by Crippen LogP contribution is 2.23. The Kier molecular flexibility index (Phi) is 4.16. The first kappa shape index (κ1) is 14.2. The van der Waals surface area contributed by atoms with Gasteiger partial charge in [0.2, 0.25) is 0 Å². The lowest BCUT2D eigenvalue weighted by atomic mass is 10.1. The van der Waals surface area contributed by atoms with Crippen LogP contribution in [0, 0.1) is 10.1 Å². The van der Waals surface area contributed by atoms with Crippen LogP contribution in [-0.4, -0.2) is 43.2 Å².